The normalized spacial score (nSPS) is 13.5. The minimum atomic E-state index is -4.43. The molecule has 0 radical (unpaired) electrons. The summed E-state index contributed by atoms with van der Waals surface area (Å²) < 4.78 is 42.4. The molecule has 1 heterocycles. The third-order valence-corrected chi connectivity index (χ3v) is 2.16. The fourth-order valence-corrected chi connectivity index (χ4v) is 1.22. The SMILES string of the molecule is CNC(Cn1cc(C(F)(F)F)cn1)C(=O)OC. The molecule has 1 atom stereocenters. The first-order valence-corrected chi connectivity index (χ1v) is 4.73. The maximum atomic E-state index is 12.3. The van der Waals surface area contributed by atoms with Gasteiger partial charge < -0.3 is 10.1 Å². The van der Waals surface area contributed by atoms with Crippen molar-refractivity contribution in [2.75, 3.05) is 14.2 Å². The summed E-state index contributed by atoms with van der Waals surface area (Å²) in [5, 5.41) is 6.17. The zero-order valence-corrected chi connectivity index (χ0v) is 9.28. The zero-order chi connectivity index (χ0) is 13.1. The van der Waals surface area contributed by atoms with Crippen molar-refractivity contribution < 1.29 is 22.7 Å². The van der Waals surface area contributed by atoms with Gasteiger partial charge in [-0.2, -0.15) is 18.3 Å². The minimum absolute atomic E-state index is 0.0285. The molecule has 8 heteroatoms. The highest BCUT2D eigenvalue weighted by Gasteiger charge is 2.32. The Morgan fingerprint density at radius 1 is 1.65 bits per heavy atom. The summed E-state index contributed by atoms with van der Waals surface area (Å²) in [4.78, 5) is 11.2. The van der Waals surface area contributed by atoms with Gasteiger partial charge in [-0.15, -0.1) is 0 Å². The van der Waals surface area contributed by atoms with E-state index in [0.717, 1.165) is 10.9 Å². The summed E-state index contributed by atoms with van der Waals surface area (Å²) in [5.41, 5.74) is -0.850. The van der Waals surface area contributed by atoms with E-state index in [2.05, 4.69) is 15.2 Å². The Labute approximate surface area is 95.5 Å². The maximum Gasteiger partial charge on any atom is 0.419 e. The van der Waals surface area contributed by atoms with Gasteiger partial charge in [-0.05, 0) is 7.05 Å². The molecular weight excluding hydrogens is 239 g/mol. The molecule has 0 amide bonds. The van der Waals surface area contributed by atoms with Crippen LogP contribution in [-0.2, 0) is 22.3 Å². The average Bonchev–Trinajstić information content (AvgIpc) is 2.73. The Morgan fingerprint density at radius 3 is 2.71 bits per heavy atom. The van der Waals surface area contributed by atoms with Gasteiger partial charge in [-0.3, -0.25) is 9.48 Å². The van der Waals surface area contributed by atoms with E-state index in [4.69, 9.17) is 0 Å². The predicted octanol–water partition coefficient (Wildman–Crippen LogP) is 0.663. The molecule has 0 aliphatic rings. The van der Waals surface area contributed by atoms with Crippen LogP contribution in [0.3, 0.4) is 0 Å². The van der Waals surface area contributed by atoms with Crippen LogP contribution >= 0.6 is 0 Å². The van der Waals surface area contributed by atoms with Crippen molar-refractivity contribution in [2.24, 2.45) is 0 Å². The van der Waals surface area contributed by atoms with Gasteiger partial charge in [-0.1, -0.05) is 0 Å². The van der Waals surface area contributed by atoms with Crippen LogP contribution < -0.4 is 5.32 Å². The van der Waals surface area contributed by atoms with Crippen molar-refractivity contribution in [1.29, 1.82) is 0 Å². The monoisotopic (exact) mass is 251 g/mol. The number of nitrogens with one attached hydrogen (secondary N) is 1. The van der Waals surface area contributed by atoms with Crippen LogP contribution in [0.5, 0.6) is 0 Å². The summed E-state index contributed by atoms with van der Waals surface area (Å²) in [6, 6.07) is -0.735. The molecule has 1 aromatic rings. The summed E-state index contributed by atoms with van der Waals surface area (Å²) in [6.45, 7) is -0.0285. The van der Waals surface area contributed by atoms with Crippen molar-refractivity contribution >= 4 is 5.97 Å². The highest BCUT2D eigenvalue weighted by atomic mass is 19.4. The Kier molecular flexibility index (Phi) is 4.11. The van der Waals surface area contributed by atoms with E-state index in [1.54, 1.807) is 0 Å². The van der Waals surface area contributed by atoms with Gasteiger partial charge in [0.15, 0.2) is 0 Å². The van der Waals surface area contributed by atoms with E-state index in [1.165, 1.54) is 14.2 Å². The number of methoxy groups -OCH3 is 1. The number of carbonyl (C=O) groups is 1. The fourth-order valence-electron chi connectivity index (χ4n) is 1.22. The van der Waals surface area contributed by atoms with Crippen LogP contribution in [0, 0.1) is 0 Å². The number of likely N-dealkylation sites (N-methyl/N-ethyl adjacent to an activating group) is 1. The molecule has 1 unspecified atom stereocenters. The summed E-state index contributed by atoms with van der Waals surface area (Å²) in [5.74, 6) is -0.559. The average molecular weight is 251 g/mol. The van der Waals surface area contributed by atoms with Gasteiger partial charge >= 0.3 is 12.1 Å². The molecule has 0 spiro atoms. The van der Waals surface area contributed by atoms with Crippen LogP contribution in [0.15, 0.2) is 12.4 Å². The van der Waals surface area contributed by atoms with E-state index in [-0.39, 0.29) is 6.54 Å². The van der Waals surface area contributed by atoms with Gasteiger partial charge in [0.2, 0.25) is 0 Å². The third kappa shape index (κ3) is 3.45. The van der Waals surface area contributed by atoms with Crippen LogP contribution in [0.2, 0.25) is 0 Å². The highest BCUT2D eigenvalue weighted by molar-refractivity contribution is 5.75. The van der Waals surface area contributed by atoms with Crippen molar-refractivity contribution in [1.82, 2.24) is 15.1 Å². The zero-order valence-electron chi connectivity index (χ0n) is 9.28. The Balaban J connectivity index is 2.75. The van der Waals surface area contributed by atoms with Crippen LogP contribution in [-0.4, -0.2) is 35.9 Å². The quantitative estimate of drug-likeness (QED) is 0.799. The molecule has 1 rings (SSSR count). The van der Waals surface area contributed by atoms with Crippen molar-refractivity contribution in [3.8, 4) is 0 Å². The lowest BCUT2D eigenvalue weighted by atomic mass is 10.3. The van der Waals surface area contributed by atoms with Gasteiger partial charge in [0.25, 0.3) is 0 Å². The number of carbonyl (C=O) groups excluding carboxylic acids is 1. The largest absolute Gasteiger partial charge is 0.468 e. The van der Waals surface area contributed by atoms with Gasteiger partial charge in [0.1, 0.15) is 6.04 Å². The smallest absolute Gasteiger partial charge is 0.419 e. The standard InChI is InChI=1S/C9H12F3N3O2/c1-13-7(8(16)17-2)5-15-4-6(3-14-15)9(10,11)12/h3-4,7,13H,5H2,1-2H3. The molecule has 17 heavy (non-hydrogen) atoms. The van der Waals surface area contributed by atoms with E-state index in [1.807, 2.05) is 0 Å². The minimum Gasteiger partial charge on any atom is -0.468 e. The first-order valence-electron chi connectivity index (χ1n) is 4.73. The first-order chi connectivity index (χ1) is 7.88. The maximum absolute atomic E-state index is 12.3. The number of hydrogen-bond donors (Lipinski definition) is 1. The molecule has 0 fully saturated rings. The van der Waals surface area contributed by atoms with Gasteiger partial charge in [-0.25, -0.2) is 0 Å². The van der Waals surface area contributed by atoms with Crippen LogP contribution in [0.25, 0.3) is 0 Å². The number of hydrogen-bond acceptors (Lipinski definition) is 4. The third-order valence-electron chi connectivity index (χ3n) is 2.16. The summed E-state index contributed by atoms with van der Waals surface area (Å²) in [6.07, 6.45) is -2.88. The van der Waals surface area contributed by atoms with Crippen molar-refractivity contribution in [3.63, 3.8) is 0 Å². The number of nitrogens with zero attached hydrogens (tertiary/aromatic N) is 2. The number of alkyl halides is 3. The number of ether oxygens (including phenoxy) is 1. The number of esters is 1. The fraction of sp³-hybridized carbons (Fsp3) is 0.556. The molecular formula is C9H12F3N3O2. The molecule has 0 saturated carbocycles. The molecule has 0 aliphatic heterocycles. The molecule has 1 aromatic heterocycles. The summed E-state index contributed by atoms with van der Waals surface area (Å²) in [7, 11) is 2.71. The second kappa shape index (κ2) is 5.17. The van der Waals surface area contributed by atoms with E-state index < -0.39 is 23.8 Å². The lowest BCUT2D eigenvalue weighted by Gasteiger charge is -2.13. The van der Waals surface area contributed by atoms with Gasteiger partial charge in [0, 0.05) is 6.20 Å². The predicted molar refractivity (Wildman–Crippen MR) is 52.1 cm³/mol. The Morgan fingerprint density at radius 2 is 2.29 bits per heavy atom. The molecule has 96 valence electrons. The van der Waals surface area contributed by atoms with Crippen LogP contribution in [0.4, 0.5) is 13.2 Å². The second-order valence-corrected chi connectivity index (χ2v) is 3.31. The first kappa shape index (κ1) is 13.5. The number of aromatic nitrogens is 2. The number of halogens is 3. The van der Waals surface area contributed by atoms with E-state index in [0.29, 0.717) is 6.20 Å². The lowest BCUT2D eigenvalue weighted by molar-refractivity contribution is -0.143. The lowest BCUT2D eigenvalue weighted by Crippen LogP contribution is -2.38. The molecule has 0 aromatic carbocycles. The summed E-state index contributed by atoms with van der Waals surface area (Å²) >= 11 is 0. The van der Waals surface area contributed by atoms with E-state index in [9.17, 15) is 18.0 Å². The molecule has 0 aliphatic carbocycles. The van der Waals surface area contributed by atoms with E-state index >= 15 is 0 Å². The number of rotatable bonds is 4. The Hall–Kier alpha value is -1.57. The molecule has 0 saturated heterocycles. The topological polar surface area (TPSA) is 56.2 Å². The molecule has 1 N–H and O–H groups in total. The van der Waals surface area contributed by atoms with Gasteiger partial charge in [0.05, 0.1) is 25.4 Å². The molecule has 5 nitrogen and oxygen atoms in total. The van der Waals surface area contributed by atoms with Crippen molar-refractivity contribution in [2.45, 2.75) is 18.8 Å². The Bertz CT molecular complexity index is 389. The highest BCUT2D eigenvalue weighted by Crippen LogP contribution is 2.28. The van der Waals surface area contributed by atoms with Crippen LogP contribution in [0.1, 0.15) is 5.56 Å². The van der Waals surface area contributed by atoms with Crippen molar-refractivity contribution in [3.05, 3.63) is 18.0 Å². The molecule has 0 bridgehead atoms. The second-order valence-electron chi connectivity index (χ2n) is 3.31.